The first-order valence-electron chi connectivity index (χ1n) is 10.8. The van der Waals surface area contributed by atoms with Gasteiger partial charge in [0.15, 0.2) is 0 Å². The van der Waals surface area contributed by atoms with Crippen molar-refractivity contribution in [2.24, 2.45) is 0 Å². The van der Waals surface area contributed by atoms with E-state index >= 15 is 0 Å². The summed E-state index contributed by atoms with van der Waals surface area (Å²) in [5.41, 5.74) is 3.89. The molecule has 1 aliphatic rings. The van der Waals surface area contributed by atoms with Gasteiger partial charge in [-0.25, -0.2) is 4.98 Å². The number of aliphatic carboxylic acids is 1. The van der Waals surface area contributed by atoms with E-state index in [-0.39, 0.29) is 12.3 Å². The van der Waals surface area contributed by atoms with Crippen molar-refractivity contribution in [2.45, 2.75) is 50.7 Å². The number of nitrogens with zero attached hydrogens (tertiary/aromatic N) is 3. The maximum absolute atomic E-state index is 11.3. The molecule has 0 bridgehead atoms. The minimum Gasteiger partial charge on any atom is -0.481 e. The van der Waals surface area contributed by atoms with Crippen LogP contribution in [0.1, 0.15) is 53.7 Å². The number of carbonyl (C=O) groups is 1. The van der Waals surface area contributed by atoms with E-state index in [0.717, 1.165) is 36.3 Å². The molecule has 0 saturated heterocycles. The van der Waals surface area contributed by atoms with Gasteiger partial charge in [0.1, 0.15) is 5.82 Å². The summed E-state index contributed by atoms with van der Waals surface area (Å²) in [6, 6.07) is 13.6. The lowest BCUT2D eigenvalue weighted by Crippen LogP contribution is -2.15. The van der Waals surface area contributed by atoms with Gasteiger partial charge >= 0.3 is 5.97 Å². The first-order valence-corrected chi connectivity index (χ1v) is 10.8. The fraction of sp³-hybridized carbons (Fsp3) is 0.375. The summed E-state index contributed by atoms with van der Waals surface area (Å²) in [5.74, 6) is -0.0818. The smallest absolute Gasteiger partial charge is 0.304 e. The normalized spacial score (nSPS) is 15.0. The van der Waals surface area contributed by atoms with Crippen LogP contribution in [0.3, 0.4) is 0 Å². The van der Waals surface area contributed by atoms with Crippen molar-refractivity contribution < 1.29 is 15.0 Å². The van der Waals surface area contributed by atoms with Gasteiger partial charge in [-0.3, -0.25) is 9.48 Å². The van der Waals surface area contributed by atoms with Crippen molar-refractivity contribution in [3.63, 3.8) is 0 Å². The Hall–Kier alpha value is -3.19. The third kappa shape index (κ3) is 5.49. The van der Waals surface area contributed by atoms with Crippen LogP contribution >= 0.6 is 0 Å². The quantitative estimate of drug-likeness (QED) is 0.489. The number of hydrogen-bond donors (Lipinski definition) is 3. The molecule has 2 aromatic heterocycles. The minimum absolute atomic E-state index is 0.0515. The third-order valence-electron chi connectivity index (χ3n) is 5.75. The molecule has 162 valence electrons. The van der Waals surface area contributed by atoms with Crippen molar-refractivity contribution in [1.29, 1.82) is 0 Å². The first kappa shape index (κ1) is 21.1. The van der Waals surface area contributed by atoms with Gasteiger partial charge in [-0.2, -0.15) is 5.10 Å². The summed E-state index contributed by atoms with van der Waals surface area (Å²) in [5, 5.41) is 27.6. The Bertz CT molecular complexity index is 1020. The molecule has 2 unspecified atom stereocenters. The summed E-state index contributed by atoms with van der Waals surface area (Å²) in [4.78, 5) is 15.9. The predicted octanol–water partition coefficient (Wildman–Crippen LogP) is 3.56. The number of fused-ring (bicyclic) bond motifs is 1. The van der Waals surface area contributed by atoms with E-state index in [0.29, 0.717) is 25.1 Å². The molecule has 2 atom stereocenters. The topological polar surface area (TPSA) is 100 Å². The minimum atomic E-state index is -0.823. The Kier molecular flexibility index (Phi) is 6.62. The van der Waals surface area contributed by atoms with E-state index in [2.05, 4.69) is 21.5 Å². The summed E-state index contributed by atoms with van der Waals surface area (Å²) in [6.45, 7) is 1.42. The highest BCUT2D eigenvalue weighted by Crippen LogP contribution is 2.25. The number of carboxylic acid groups (broad SMARTS) is 1. The lowest BCUT2D eigenvalue weighted by Gasteiger charge is -2.19. The standard InChI is InChI=1S/C24H28N4O3/c29-22(21-10-9-19-7-4-12-25-24(19)27-21)11-8-17-14-26-28(15-17)16-20(13-23(30)31)18-5-2-1-3-6-18/h1-3,5-6,9-10,14-15,20,22,29H,4,7-8,11-13,16H2,(H,25,27)(H,30,31). The Balaban J connectivity index is 1.36. The van der Waals surface area contributed by atoms with Gasteiger partial charge in [0.2, 0.25) is 0 Å². The molecule has 31 heavy (non-hydrogen) atoms. The molecular weight excluding hydrogens is 392 g/mol. The number of aliphatic hydroxyl groups excluding tert-OH is 1. The van der Waals surface area contributed by atoms with E-state index in [1.807, 2.05) is 42.6 Å². The van der Waals surface area contributed by atoms with E-state index in [1.54, 1.807) is 10.9 Å². The maximum Gasteiger partial charge on any atom is 0.304 e. The highest BCUT2D eigenvalue weighted by Gasteiger charge is 2.18. The van der Waals surface area contributed by atoms with Gasteiger partial charge < -0.3 is 15.5 Å². The lowest BCUT2D eigenvalue weighted by molar-refractivity contribution is -0.137. The second-order valence-electron chi connectivity index (χ2n) is 8.10. The zero-order valence-corrected chi connectivity index (χ0v) is 17.4. The summed E-state index contributed by atoms with van der Waals surface area (Å²) >= 11 is 0. The molecule has 1 aromatic carbocycles. The molecule has 3 heterocycles. The number of rotatable bonds is 9. The number of aliphatic hydroxyl groups is 1. The van der Waals surface area contributed by atoms with Crippen LogP contribution in [0.25, 0.3) is 0 Å². The molecule has 0 fully saturated rings. The average Bonchev–Trinajstić information content (AvgIpc) is 3.24. The van der Waals surface area contributed by atoms with Crippen LogP contribution in [0.2, 0.25) is 0 Å². The molecule has 3 N–H and O–H groups in total. The molecule has 0 radical (unpaired) electrons. The maximum atomic E-state index is 11.3. The van der Waals surface area contributed by atoms with Crippen LogP contribution in [0.5, 0.6) is 0 Å². The lowest BCUT2D eigenvalue weighted by atomic mass is 9.96. The number of anilines is 1. The summed E-state index contributed by atoms with van der Waals surface area (Å²) in [6.07, 6.45) is 6.49. The summed E-state index contributed by atoms with van der Waals surface area (Å²) in [7, 11) is 0. The van der Waals surface area contributed by atoms with Gasteiger partial charge in [0, 0.05) is 25.2 Å². The number of aromatic nitrogens is 3. The molecule has 4 rings (SSSR count). The Morgan fingerprint density at radius 3 is 2.84 bits per heavy atom. The van der Waals surface area contributed by atoms with Crippen molar-refractivity contribution in [3.05, 3.63) is 77.2 Å². The summed E-state index contributed by atoms with van der Waals surface area (Å²) < 4.78 is 1.80. The number of aryl methyl sites for hydroxylation is 2. The van der Waals surface area contributed by atoms with Gasteiger partial charge in [0.25, 0.3) is 0 Å². The van der Waals surface area contributed by atoms with Gasteiger partial charge in [-0.15, -0.1) is 0 Å². The molecule has 0 saturated carbocycles. The number of nitrogens with one attached hydrogen (secondary N) is 1. The monoisotopic (exact) mass is 420 g/mol. The fourth-order valence-corrected chi connectivity index (χ4v) is 4.07. The first-order chi connectivity index (χ1) is 15.1. The second kappa shape index (κ2) is 9.75. The molecular formula is C24H28N4O3. The zero-order chi connectivity index (χ0) is 21.6. The predicted molar refractivity (Wildman–Crippen MR) is 118 cm³/mol. The Morgan fingerprint density at radius 2 is 2.03 bits per heavy atom. The van der Waals surface area contributed by atoms with Crippen LogP contribution in [0.15, 0.2) is 54.9 Å². The average molecular weight is 421 g/mol. The van der Waals surface area contributed by atoms with E-state index < -0.39 is 12.1 Å². The number of benzene rings is 1. The Morgan fingerprint density at radius 1 is 1.19 bits per heavy atom. The van der Waals surface area contributed by atoms with Crippen molar-refractivity contribution >= 4 is 11.8 Å². The molecule has 3 aromatic rings. The van der Waals surface area contributed by atoms with Gasteiger partial charge in [0.05, 0.1) is 24.4 Å². The van der Waals surface area contributed by atoms with Crippen molar-refractivity contribution in [3.8, 4) is 0 Å². The van der Waals surface area contributed by atoms with E-state index in [4.69, 9.17) is 0 Å². The second-order valence-corrected chi connectivity index (χ2v) is 8.10. The fourth-order valence-electron chi connectivity index (χ4n) is 4.07. The van der Waals surface area contributed by atoms with Crippen molar-refractivity contribution in [1.82, 2.24) is 14.8 Å². The number of carboxylic acids is 1. The molecule has 1 aliphatic heterocycles. The number of hydrogen-bond acceptors (Lipinski definition) is 5. The molecule has 0 amide bonds. The third-order valence-corrected chi connectivity index (χ3v) is 5.75. The van der Waals surface area contributed by atoms with Crippen LogP contribution in [0, 0.1) is 0 Å². The SMILES string of the molecule is O=C(O)CC(Cn1cc(CCC(O)c2ccc3c(n2)NCCC3)cn1)c1ccccc1. The Labute approximate surface area is 181 Å². The van der Waals surface area contributed by atoms with Crippen LogP contribution in [-0.4, -0.2) is 37.5 Å². The largest absolute Gasteiger partial charge is 0.481 e. The highest BCUT2D eigenvalue weighted by molar-refractivity contribution is 5.68. The van der Waals surface area contributed by atoms with Gasteiger partial charge in [-0.1, -0.05) is 36.4 Å². The number of pyridine rings is 1. The van der Waals surface area contributed by atoms with Crippen LogP contribution < -0.4 is 5.32 Å². The highest BCUT2D eigenvalue weighted by atomic mass is 16.4. The van der Waals surface area contributed by atoms with Crippen LogP contribution in [0.4, 0.5) is 5.82 Å². The zero-order valence-electron chi connectivity index (χ0n) is 17.4. The van der Waals surface area contributed by atoms with Gasteiger partial charge in [-0.05, 0) is 48.4 Å². The van der Waals surface area contributed by atoms with E-state index in [9.17, 15) is 15.0 Å². The van der Waals surface area contributed by atoms with E-state index in [1.165, 1.54) is 5.56 Å². The van der Waals surface area contributed by atoms with Crippen LogP contribution in [-0.2, 0) is 24.2 Å². The molecule has 7 nitrogen and oxygen atoms in total. The van der Waals surface area contributed by atoms with Crippen molar-refractivity contribution in [2.75, 3.05) is 11.9 Å². The molecule has 7 heteroatoms. The molecule has 0 spiro atoms. The molecule has 0 aliphatic carbocycles.